The lowest BCUT2D eigenvalue weighted by atomic mass is 10.1. The summed E-state index contributed by atoms with van der Waals surface area (Å²) in [5, 5.41) is 26.7. The van der Waals surface area contributed by atoms with E-state index in [1.807, 2.05) is 6.92 Å². The molecule has 0 unspecified atom stereocenters. The van der Waals surface area contributed by atoms with Crippen molar-refractivity contribution in [1.29, 1.82) is 0 Å². The molecule has 5 N–H and O–H groups in total. The van der Waals surface area contributed by atoms with Crippen LogP contribution in [0.3, 0.4) is 0 Å². The van der Waals surface area contributed by atoms with Crippen LogP contribution in [0, 0.1) is 0 Å². The van der Waals surface area contributed by atoms with Gasteiger partial charge in [-0.15, -0.1) is 0 Å². The zero-order valence-corrected chi connectivity index (χ0v) is 13.7. The molecule has 7 heteroatoms. The van der Waals surface area contributed by atoms with Gasteiger partial charge in [-0.1, -0.05) is 13.0 Å². The lowest BCUT2D eigenvalue weighted by molar-refractivity contribution is -0.127. The van der Waals surface area contributed by atoms with E-state index < -0.39 is 6.04 Å². The molecule has 2 amide bonds. The maximum atomic E-state index is 12.2. The molecule has 0 bridgehead atoms. The monoisotopic (exact) mass is 323 g/mol. The molecule has 23 heavy (non-hydrogen) atoms. The van der Waals surface area contributed by atoms with Crippen LogP contribution in [0.15, 0.2) is 18.2 Å². The summed E-state index contributed by atoms with van der Waals surface area (Å²) in [7, 11) is 0. The molecule has 0 spiro atoms. The molecule has 7 nitrogen and oxygen atoms in total. The first kappa shape index (κ1) is 19.1. The Morgan fingerprint density at radius 2 is 1.57 bits per heavy atom. The summed E-state index contributed by atoms with van der Waals surface area (Å²) >= 11 is 0. The van der Waals surface area contributed by atoms with Gasteiger partial charge >= 0.3 is 0 Å². The number of aliphatic hydroxyl groups is 2. The molecule has 1 aromatic rings. The molecule has 0 heterocycles. The van der Waals surface area contributed by atoms with Crippen molar-refractivity contribution in [3.63, 3.8) is 0 Å². The van der Waals surface area contributed by atoms with Crippen molar-refractivity contribution < 1.29 is 19.8 Å². The minimum absolute atomic E-state index is 0.191. The van der Waals surface area contributed by atoms with Crippen molar-refractivity contribution in [2.24, 2.45) is 0 Å². The van der Waals surface area contributed by atoms with Gasteiger partial charge in [-0.25, -0.2) is 0 Å². The van der Waals surface area contributed by atoms with E-state index in [1.165, 1.54) is 0 Å². The van der Waals surface area contributed by atoms with Crippen LogP contribution >= 0.6 is 0 Å². The summed E-state index contributed by atoms with van der Waals surface area (Å²) in [4.78, 5) is 24.0. The number of rotatable bonds is 8. The van der Waals surface area contributed by atoms with Crippen LogP contribution in [-0.2, 0) is 22.8 Å². The number of likely N-dealkylation sites (N-methyl/N-ethyl adjacent to an activating group) is 1. The van der Waals surface area contributed by atoms with Crippen molar-refractivity contribution in [3.05, 3.63) is 29.3 Å². The van der Waals surface area contributed by atoms with Crippen molar-refractivity contribution in [2.75, 3.05) is 11.9 Å². The minimum Gasteiger partial charge on any atom is -0.392 e. The number of hydrogen-bond donors (Lipinski definition) is 5. The second-order valence-corrected chi connectivity index (χ2v) is 5.35. The molecule has 0 aromatic heterocycles. The van der Waals surface area contributed by atoms with E-state index in [1.54, 1.807) is 32.0 Å². The van der Waals surface area contributed by atoms with E-state index in [0.717, 1.165) is 0 Å². The van der Waals surface area contributed by atoms with Crippen LogP contribution < -0.4 is 16.0 Å². The van der Waals surface area contributed by atoms with E-state index in [0.29, 0.717) is 23.4 Å². The SMILES string of the molecule is CCN[C@@H](C)C(=O)N[C@@H](C)C(=O)Nc1cc(CO)cc(CO)c1. The van der Waals surface area contributed by atoms with Crippen LogP contribution in [0.2, 0.25) is 0 Å². The van der Waals surface area contributed by atoms with E-state index in [-0.39, 0.29) is 31.1 Å². The summed E-state index contributed by atoms with van der Waals surface area (Å²) in [6.45, 7) is 5.49. The second-order valence-electron chi connectivity index (χ2n) is 5.35. The smallest absolute Gasteiger partial charge is 0.246 e. The van der Waals surface area contributed by atoms with E-state index in [9.17, 15) is 19.8 Å². The molecule has 128 valence electrons. The van der Waals surface area contributed by atoms with E-state index in [2.05, 4.69) is 16.0 Å². The van der Waals surface area contributed by atoms with Gasteiger partial charge in [0.05, 0.1) is 19.3 Å². The number of carbonyl (C=O) groups is 2. The molecule has 0 saturated carbocycles. The number of carbonyl (C=O) groups excluding carboxylic acids is 2. The molecule has 1 rings (SSSR count). The van der Waals surface area contributed by atoms with Gasteiger partial charge in [-0.2, -0.15) is 0 Å². The van der Waals surface area contributed by atoms with Gasteiger partial charge in [0.25, 0.3) is 0 Å². The van der Waals surface area contributed by atoms with Crippen molar-refractivity contribution in [2.45, 2.75) is 46.1 Å². The molecule has 2 atom stereocenters. The van der Waals surface area contributed by atoms with Gasteiger partial charge in [-0.05, 0) is 43.7 Å². The average Bonchev–Trinajstić information content (AvgIpc) is 2.54. The number of aliphatic hydroxyl groups excluding tert-OH is 2. The number of anilines is 1. The summed E-state index contributed by atoms with van der Waals surface area (Å²) in [5.41, 5.74) is 1.64. The molecule has 0 fully saturated rings. The highest BCUT2D eigenvalue weighted by Crippen LogP contribution is 2.15. The predicted octanol–water partition coefficient (Wildman–Crippen LogP) is 0.112. The summed E-state index contributed by atoms with van der Waals surface area (Å²) in [6, 6.07) is 3.80. The highest BCUT2D eigenvalue weighted by atomic mass is 16.3. The minimum atomic E-state index is -0.709. The van der Waals surface area contributed by atoms with Crippen molar-refractivity contribution in [1.82, 2.24) is 10.6 Å². The predicted molar refractivity (Wildman–Crippen MR) is 87.7 cm³/mol. The molecular formula is C16H25N3O4. The highest BCUT2D eigenvalue weighted by molar-refractivity contribution is 5.97. The first-order valence-corrected chi connectivity index (χ1v) is 7.60. The fraction of sp³-hybridized carbons (Fsp3) is 0.500. The fourth-order valence-corrected chi connectivity index (χ4v) is 2.07. The lowest BCUT2D eigenvalue weighted by Crippen LogP contribution is -2.49. The third-order valence-corrected chi connectivity index (χ3v) is 3.34. The Hall–Kier alpha value is -1.96. The van der Waals surface area contributed by atoms with Crippen LogP contribution in [0.4, 0.5) is 5.69 Å². The second kappa shape index (κ2) is 9.24. The van der Waals surface area contributed by atoms with Crippen LogP contribution in [-0.4, -0.2) is 40.7 Å². The largest absolute Gasteiger partial charge is 0.392 e. The Morgan fingerprint density at radius 1 is 1.00 bits per heavy atom. The Morgan fingerprint density at radius 3 is 2.04 bits per heavy atom. The zero-order valence-electron chi connectivity index (χ0n) is 13.7. The van der Waals surface area contributed by atoms with Gasteiger partial charge < -0.3 is 26.2 Å². The fourth-order valence-electron chi connectivity index (χ4n) is 2.07. The highest BCUT2D eigenvalue weighted by Gasteiger charge is 2.19. The maximum absolute atomic E-state index is 12.2. The van der Waals surface area contributed by atoms with Gasteiger partial charge in [0.1, 0.15) is 6.04 Å². The molecule has 0 aliphatic heterocycles. The standard InChI is InChI=1S/C16H25N3O4/c1-4-17-10(2)15(22)18-11(3)16(23)19-14-6-12(8-20)5-13(7-14)9-21/h5-7,10-11,17,20-21H,4,8-9H2,1-3H3,(H,18,22)(H,19,23)/t10-,11-/m0/s1. The van der Waals surface area contributed by atoms with Gasteiger partial charge in [0.15, 0.2) is 0 Å². The van der Waals surface area contributed by atoms with Crippen LogP contribution in [0.25, 0.3) is 0 Å². The van der Waals surface area contributed by atoms with Gasteiger partial charge in [0, 0.05) is 5.69 Å². The van der Waals surface area contributed by atoms with Gasteiger partial charge in [-0.3, -0.25) is 9.59 Å². The topological polar surface area (TPSA) is 111 Å². The Balaban J connectivity index is 2.69. The van der Waals surface area contributed by atoms with Crippen molar-refractivity contribution in [3.8, 4) is 0 Å². The summed E-state index contributed by atoms with van der Waals surface area (Å²) in [6.07, 6.45) is 0. The molecule has 0 radical (unpaired) electrons. The normalized spacial score (nSPS) is 13.3. The molecule has 0 aliphatic carbocycles. The molecule has 0 aliphatic rings. The molecular weight excluding hydrogens is 298 g/mol. The number of nitrogens with one attached hydrogen (secondary N) is 3. The number of hydrogen-bond acceptors (Lipinski definition) is 5. The van der Waals surface area contributed by atoms with Crippen LogP contribution in [0.5, 0.6) is 0 Å². The zero-order chi connectivity index (χ0) is 17.4. The Labute approximate surface area is 136 Å². The first-order chi connectivity index (χ1) is 10.9. The van der Waals surface area contributed by atoms with E-state index in [4.69, 9.17) is 0 Å². The van der Waals surface area contributed by atoms with Gasteiger partial charge in [0.2, 0.25) is 11.8 Å². The van der Waals surface area contributed by atoms with E-state index >= 15 is 0 Å². The third kappa shape index (κ3) is 5.97. The third-order valence-electron chi connectivity index (χ3n) is 3.34. The summed E-state index contributed by atoms with van der Waals surface area (Å²) < 4.78 is 0. The van der Waals surface area contributed by atoms with Crippen molar-refractivity contribution >= 4 is 17.5 Å². The lowest BCUT2D eigenvalue weighted by Gasteiger charge is -2.18. The van der Waals surface area contributed by atoms with Crippen LogP contribution in [0.1, 0.15) is 31.9 Å². The maximum Gasteiger partial charge on any atom is 0.246 e. The quantitative estimate of drug-likeness (QED) is 0.466. The molecule has 1 aromatic carbocycles. The Bertz CT molecular complexity index is 526. The Kier molecular flexibility index (Phi) is 7.67. The molecule has 0 saturated heterocycles. The number of benzene rings is 1. The number of amides is 2. The average molecular weight is 323 g/mol. The summed E-state index contributed by atoms with van der Waals surface area (Å²) in [5.74, 6) is -0.629. The first-order valence-electron chi connectivity index (χ1n) is 7.60.